The highest BCUT2D eigenvalue weighted by Crippen LogP contribution is 2.18. The maximum absolute atomic E-state index is 10.8. The zero-order valence-electron chi connectivity index (χ0n) is 8.02. The Morgan fingerprint density at radius 3 is 2.33 bits per heavy atom. The predicted octanol–water partition coefficient (Wildman–Crippen LogP) is -3.17. The van der Waals surface area contributed by atoms with E-state index < -0.39 is 30.3 Å². The highest BCUT2D eigenvalue weighted by molar-refractivity contribution is 5.74. The molecule has 3 unspecified atom stereocenters. The van der Waals surface area contributed by atoms with Gasteiger partial charge in [0.15, 0.2) is 0 Å². The molecule has 0 spiro atoms. The lowest BCUT2D eigenvalue weighted by Gasteiger charge is -2.41. The van der Waals surface area contributed by atoms with Crippen molar-refractivity contribution in [2.45, 2.75) is 24.4 Å². The Morgan fingerprint density at radius 2 is 1.87 bits per heavy atom. The van der Waals surface area contributed by atoms with Crippen LogP contribution in [0.1, 0.15) is 0 Å². The molecular weight excluding hydrogens is 206 g/mol. The number of aliphatic carboxylic acids is 1. The van der Waals surface area contributed by atoms with E-state index >= 15 is 0 Å². The molecule has 1 rings (SSSR count). The van der Waals surface area contributed by atoms with Crippen LogP contribution in [0.2, 0.25) is 0 Å². The molecule has 1 saturated heterocycles. The van der Waals surface area contributed by atoms with Gasteiger partial charge in [-0.05, 0) is 0 Å². The van der Waals surface area contributed by atoms with Crippen LogP contribution in [0, 0.1) is 0 Å². The minimum atomic E-state index is -1.56. The Hall–Kier alpha value is -0.730. The van der Waals surface area contributed by atoms with Crippen LogP contribution in [0.4, 0.5) is 0 Å². The third-order valence-corrected chi connectivity index (χ3v) is 2.52. The van der Waals surface area contributed by atoms with Crippen LogP contribution < -0.4 is 0 Å². The largest absolute Gasteiger partial charge is 0.480 e. The molecule has 1 aliphatic heterocycles. The number of carbonyl (C=O) groups is 1. The molecule has 1 aliphatic rings. The lowest BCUT2D eigenvalue weighted by molar-refractivity contribution is -0.171. The fraction of sp³-hybridized carbons (Fsp3) is 0.875. The lowest BCUT2D eigenvalue weighted by atomic mass is 9.94. The van der Waals surface area contributed by atoms with E-state index in [1.54, 1.807) is 0 Å². The van der Waals surface area contributed by atoms with E-state index in [4.69, 9.17) is 10.2 Å². The van der Waals surface area contributed by atoms with Crippen LogP contribution in [0.15, 0.2) is 0 Å². The van der Waals surface area contributed by atoms with Crippen molar-refractivity contribution in [3.63, 3.8) is 0 Å². The van der Waals surface area contributed by atoms with Crippen LogP contribution in [0.25, 0.3) is 0 Å². The van der Waals surface area contributed by atoms with E-state index in [-0.39, 0.29) is 19.7 Å². The van der Waals surface area contributed by atoms with E-state index in [1.807, 2.05) is 0 Å². The monoisotopic (exact) mass is 221 g/mol. The second-order valence-electron chi connectivity index (χ2n) is 3.55. The number of aliphatic hydroxyl groups excluding tert-OH is 4. The highest BCUT2D eigenvalue weighted by Gasteiger charge is 2.44. The molecule has 0 radical (unpaired) electrons. The first kappa shape index (κ1) is 12.3. The molecule has 0 aromatic heterocycles. The molecule has 0 bridgehead atoms. The average molecular weight is 221 g/mol. The first-order valence-corrected chi connectivity index (χ1v) is 4.61. The Labute approximate surface area is 86.2 Å². The molecule has 88 valence electrons. The summed E-state index contributed by atoms with van der Waals surface area (Å²) in [6, 6.07) is -1.30. The summed E-state index contributed by atoms with van der Waals surface area (Å²) < 4.78 is 0. The SMILES string of the molecule is O=C(O)C1[C@@H](O)C(O)C(O)CN1CCO. The van der Waals surface area contributed by atoms with Gasteiger partial charge in [0, 0.05) is 13.1 Å². The van der Waals surface area contributed by atoms with Crippen LogP contribution in [-0.4, -0.2) is 80.5 Å². The standard InChI is InChI=1S/C8H15NO6/c10-2-1-9-3-4(11)6(12)7(13)5(9)8(14)15/h4-7,10-13H,1-3H2,(H,14,15)/t4?,5?,6?,7-/m1/s1. The van der Waals surface area contributed by atoms with Crippen molar-refractivity contribution < 1.29 is 30.3 Å². The number of hydrogen-bond acceptors (Lipinski definition) is 6. The number of aliphatic hydroxyl groups is 4. The van der Waals surface area contributed by atoms with Crippen molar-refractivity contribution in [2.75, 3.05) is 19.7 Å². The van der Waals surface area contributed by atoms with Crippen molar-refractivity contribution in [1.82, 2.24) is 4.90 Å². The van der Waals surface area contributed by atoms with Crippen LogP contribution in [0.3, 0.4) is 0 Å². The summed E-state index contributed by atoms with van der Waals surface area (Å²) in [4.78, 5) is 12.1. The molecule has 5 N–H and O–H groups in total. The maximum atomic E-state index is 10.8. The van der Waals surface area contributed by atoms with Gasteiger partial charge in [-0.15, -0.1) is 0 Å². The summed E-state index contributed by atoms with van der Waals surface area (Å²) >= 11 is 0. The normalized spacial score (nSPS) is 37.9. The van der Waals surface area contributed by atoms with E-state index in [0.29, 0.717) is 0 Å². The predicted molar refractivity (Wildman–Crippen MR) is 48.1 cm³/mol. The molecule has 0 aromatic rings. The summed E-state index contributed by atoms with van der Waals surface area (Å²) in [5.74, 6) is -1.29. The van der Waals surface area contributed by atoms with Gasteiger partial charge in [-0.2, -0.15) is 0 Å². The lowest BCUT2D eigenvalue weighted by Crippen LogP contribution is -2.64. The number of carboxylic acids is 1. The van der Waals surface area contributed by atoms with Gasteiger partial charge < -0.3 is 25.5 Å². The van der Waals surface area contributed by atoms with Gasteiger partial charge in [0.2, 0.25) is 0 Å². The first-order valence-electron chi connectivity index (χ1n) is 4.61. The summed E-state index contributed by atoms with van der Waals surface area (Å²) in [7, 11) is 0. The van der Waals surface area contributed by atoms with Crippen molar-refractivity contribution in [2.24, 2.45) is 0 Å². The quantitative estimate of drug-likeness (QED) is 0.341. The highest BCUT2D eigenvalue weighted by atomic mass is 16.4. The zero-order valence-corrected chi connectivity index (χ0v) is 8.02. The Morgan fingerprint density at radius 1 is 1.27 bits per heavy atom. The maximum Gasteiger partial charge on any atom is 0.323 e. The summed E-state index contributed by atoms with van der Waals surface area (Å²) in [5.41, 5.74) is 0. The Balaban J connectivity index is 2.81. The van der Waals surface area contributed by atoms with Crippen molar-refractivity contribution in [3.05, 3.63) is 0 Å². The number of rotatable bonds is 3. The summed E-state index contributed by atoms with van der Waals surface area (Å²) in [5, 5.41) is 45.6. The molecular formula is C8H15NO6. The van der Waals surface area contributed by atoms with E-state index in [0.717, 1.165) is 0 Å². The molecule has 1 fully saturated rings. The third-order valence-electron chi connectivity index (χ3n) is 2.52. The molecule has 7 heteroatoms. The van der Waals surface area contributed by atoms with Gasteiger partial charge in [0.1, 0.15) is 18.2 Å². The fourth-order valence-corrected chi connectivity index (χ4v) is 1.75. The van der Waals surface area contributed by atoms with Crippen molar-refractivity contribution >= 4 is 5.97 Å². The van der Waals surface area contributed by atoms with Crippen molar-refractivity contribution in [3.8, 4) is 0 Å². The van der Waals surface area contributed by atoms with Gasteiger partial charge in [-0.3, -0.25) is 9.69 Å². The van der Waals surface area contributed by atoms with E-state index in [1.165, 1.54) is 4.90 Å². The summed E-state index contributed by atoms with van der Waals surface area (Å²) in [6.07, 6.45) is -4.24. The topological polar surface area (TPSA) is 121 Å². The summed E-state index contributed by atoms with van der Waals surface area (Å²) in [6.45, 7) is -0.340. The number of carboxylic acid groups (broad SMARTS) is 1. The van der Waals surface area contributed by atoms with Gasteiger partial charge >= 0.3 is 5.97 Å². The molecule has 15 heavy (non-hydrogen) atoms. The number of β-amino-alcohol motifs (C(OH)–C–C–N with tert-alkyl or cyclic N) is 2. The second-order valence-corrected chi connectivity index (χ2v) is 3.55. The van der Waals surface area contributed by atoms with Gasteiger partial charge in [0.05, 0.1) is 12.7 Å². The second kappa shape index (κ2) is 4.86. The van der Waals surface area contributed by atoms with E-state index in [9.17, 15) is 20.1 Å². The molecule has 7 nitrogen and oxygen atoms in total. The smallest absolute Gasteiger partial charge is 0.323 e. The molecule has 0 aromatic carbocycles. The molecule has 4 atom stereocenters. The number of nitrogens with zero attached hydrogens (tertiary/aromatic N) is 1. The van der Waals surface area contributed by atoms with Crippen LogP contribution in [-0.2, 0) is 4.79 Å². The molecule has 0 amide bonds. The van der Waals surface area contributed by atoms with Crippen LogP contribution in [0.5, 0.6) is 0 Å². The molecule has 1 heterocycles. The molecule has 0 aliphatic carbocycles. The minimum absolute atomic E-state index is 0.0256. The molecule has 0 saturated carbocycles. The Bertz CT molecular complexity index is 235. The zero-order chi connectivity index (χ0) is 11.6. The number of likely N-dealkylation sites (tertiary alicyclic amines) is 1. The third kappa shape index (κ3) is 2.44. The Kier molecular flexibility index (Phi) is 4.00. The van der Waals surface area contributed by atoms with Crippen LogP contribution >= 0.6 is 0 Å². The average Bonchev–Trinajstić information content (AvgIpc) is 2.14. The van der Waals surface area contributed by atoms with Crippen molar-refractivity contribution in [1.29, 1.82) is 0 Å². The minimum Gasteiger partial charge on any atom is -0.480 e. The number of piperidine rings is 1. The number of hydrogen-bond donors (Lipinski definition) is 5. The van der Waals surface area contributed by atoms with Gasteiger partial charge in [-0.1, -0.05) is 0 Å². The first-order chi connectivity index (χ1) is 6.99. The fourth-order valence-electron chi connectivity index (χ4n) is 1.75. The van der Waals surface area contributed by atoms with E-state index in [2.05, 4.69) is 0 Å². The van der Waals surface area contributed by atoms with Gasteiger partial charge in [0.25, 0.3) is 0 Å². The van der Waals surface area contributed by atoms with Gasteiger partial charge in [-0.25, -0.2) is 0 Å².